The zero-order valence-electron chi connectivity index (χ0n) is 10.4. The van der Waals surface area contributed by atoms with E-state index in [0.717, 1.165) is 0 Å². The van der Waals surface area contributed by atoms with Crippen molar-refractivity contribution in [2.45, 2.75) is 52.9 Å². The van der Waals surface area contributed by atoms with E-state index < -0.39 is 11.4 Å². The Kier molecular flexibility index (Phi) is 6.77. The van der Waals surface area contributed by atoms with Crippen LogP contribution in [0.1, 0.15) is 52.9 Å². The van der Waals surface area contributed by atoms with E-state index in [0.29, 0.717) is 32.3 Å². The second kappa shape index (κ2) is 7.25. The van der Waals surface area contributed by atoms with E-state index in [9.17, 15) is 9.59 Å². The summed E-state index contributed by atoms with van der Waals surface area (Å²) in [6.45, 7) is 6.05. The van der Waals surface area contributed by atoms with Crippen LogP contribution in [0.25, 0.3) is 0 Å². The van der Waals surface area contributed by atoms with Crippen molar-refractivity contribution in [1.82, 2.24) is 0 Å². The molecule has 0 bridgehead atoms. The molecule has 4 nitrogen and oxygen atoms in total. The van der Waals surface area contributed by atoms with Crippen molar-refractivity contribution >= 4 is 11.9 Å². The van der Waals surface area contributed by atoms with Gasteiger partial charge in [0.1, 0.15) is 0 Å². The highest BCUT2D eigenvalue weighted by molar-refractivity contribution is 5.76. The van der Waals surface area contributed by atoms with E-state index in [1.165, 1.54) is 0 Å². The Morgan fingerprint density at radius 1 is 1.19 bits per heavy atom. The summed E-state index contributed by atoms with van der Waals surface area (Å²) in [4.78, 5) is 22.3. The number of hydrogen-bond donors (Lipinski definition) is 1. The van der Waals surface area contributed by atoms with Crippen molar-refractivity contribution in [3.05, 3.63) is 0 Å². The van der Waals surface area contributed by atoms with Crippen LogP contribution in [0.4, 0.5) is 0 Å². The molecule has 0 heterocycles. The lowest BCUT2D eigenvalue weighted by Crippen LogP contribution is -2.32. The van der Waals surface area contributed by atoms with Crippen LogP contribution in [0.2, 0.25) is 0 Å². The molecule has 4 heteroatoms. The van der Waals surface area contributed by atoms with E-state index in [1.54, 1.807) is 6.92 Å². The fourth-order valence-corrected chi connectivity index (χ4v) is 1.86. The second-order valence-corrected chi connectivity index (χ2v) is 3.96. The number of esters is 1. The molecule has 94 valence electrons. The predicted molar refractivity (Wildman–Crippen MR) is 61.1 cm³/mol. The number of aliphatic carboxylic acids is 1. The summed E-state index contributed by atoms with van der Waals surface area (Å²) >= 11 is 0. The number of ether oxygens (including phenoxy) is 1. The summed E-state index contributed by atoms with van der Waals surface area (Å²) in [7, 11) is 0. The summed E-state index contributed by atoms with van der Waals surface area (Å²) < 4.78 is 5.06. The molecule has 0 atom stereocenters. The molecule has 1 N–H and O–H groups in total. The molecule has 0 radical (unpaired) electrons. The molecule has 0 aromatic carbocycles. The first-order chi connectivity index (χ1) is 7.52. The molecular weight excluding hydrogens is 208 g/mol. The van der Waals surface area contributed by atoms with Gasteiger partial charge in [0.2, 0.25) is 0 Å². The van der Waals surface area contributed by atoms with Crippen LogP contribution in [0, 0.1) is 5.41 Å². The van der Waals surface area contributed by atoms with E-state index in [-0.39, 0.29) is 12.4 Å². The summed E-state index contributed by atoms with van der Waals surface area (Å²) in [5.41, 5.74) is -0.495. The van der Waals surface area contributed by atoms with Crippen molar-refractivity contribution < 1.29 is 19.4 Å². The number of hydrogen-bond acceptors (Lipinski definition) is 3. The molecule has 0 fully saturated rings. The maximum atomic E-state index is 11.8. The lowest BCUT2D eigenvalue weighted by atomic mass is 9.78. The zero-order chi connectivity index (χ0) is 12.6. The molecule has 0 aliphatic heterocycles. The first-order valence-corrected chi connectivity index (χ1v) is 5.91. The first kappa shape index (κ1) is 14.9. The van der Waals surface area contributed by atoms with E-state index in [4.69, 9.17) is 9.84 Å². The van der Waals surface area contributed by atoms with Gasteiger partial charge in [-0.15, -0.1) is 0 Å². The van der Waals surface area contributed by atoms with Gasteiger partial charge in [0.25, 0.3) is 0 Å². The summed E-state index contributed by atoms with van der Waals surface area (Å²) in [6, 6.07) is 0. The maximum absolute atomic E-state index is 11.8. The lowest BCUT2D eigenvalue weighted by molar-refractivity contribution is -0.157. The Bertz CT molecular complexity index is 231. The maximum Gasteiger partial charge on any atom is 0.312 e. The molecule has 0 amide bonds. The second-order valence-electron chi connectivity index (χ2n) is 3.96. The predicted octanol–water partition coefficient (Wildman–Crippen LogP) is 2.61. The number of carboxylic acids is 1. The van der Waals surface area contributed by atoms with Crippen LogP contribution < -0.4 is 0 Å². The minimum atomic E-state index is -0.815. The van der Waals surface area contributed by atoms with Gasteiger partial charge in [0, 0.05) is 6.42 Å². The van der Waals surface area contributed by atoms with Crippen molar-refractivity contribution in [3.8, 4) is 0 Å². The van der Waals surface area contributed by atoms with Crippen LogP contribution >= 0.6 is 0 Å². The monoisotopic (exact) mass is 230 g/mol. The topological polar surface area (TPSA) is 63.6 Å². The molecule has 0 rings (SSSR count). The molecule has 0 saturated heterocycles. The third kappa shape index (κ3) is 4.21. The van der Waals surface area contributed by atoms with Gasteiger partial charge in [-0.2, -0.15) is 0 Å². The van der Waals surface area contributed by atoms with Gasteiger partial charge in [0.15, 0.2) is 0 Å². The Labute approximate surface area is 97.0 Å². The van der Waals surface area contributed by atoms with Crippen LogP contribution in [-0.4, -0.2) is 23.7 Å². The average molecular weight is 230 g/mol. The van der Waals surface area contributed by atoms with Crippen LogP contribution in [-0.2, 0) is 14.3 Å². The van der Waals surface area contributed by atoms with Crippen molar-refractivity contribution in [2.24, 2.45) is 5.41 Å². The molecule has 0 aromatic heterocycles. The molecule has 16 heavy (non-hydrogen) atoms. The fourth-order valence-electron chi connectivity index (χ4n) is 1.86. The van der Waals surface area contributed by atoms with E-state index in [1.807, 2.05) is 13.8 Å². The van der Waals surface area contributed by atoms with Crippen molar-refractivity contribution in [2.75, 3.05) is 6.61 Å². The number of carbonyl (C=O) groups is 2. The lowest BCUT2D eigenvalue weighted by Gasteiger charge is -2.28. The van der Waals surface area contributed by atoms with Gasteiger partial charge in [-0.3, -0.25) is 9.59 Å². The molecule has 0 spiro atoms. The third-order valence-electron chi connectivity index (χ3n) is 3.11. The molecule has 0 aromatic rings. The first-order valence-electron chi connectivity index (χ1n) is 5.91. The minimum absolute atomic E-state index is 0.112. The summed E-state index contributed by atoms with van der Waals surface area (Å²) in [5, 5.41) is 8.58. The zero-order valence-corrected chi connectivity index (χ0v) is 10.4. The van der Waals surface area contributed by atoms with Gasteiger partial charge in [-0.05, 0) is 32.6 Å². The Morgan fingerprint density at radius 2 is 1.75 bits per heavy atom. The molecular formula is C12H22O4. The van der Waals surface area contributed by atoms with Crippen molar-refractivity contribution in [3.63, 3.8) is 0 Å². The van der Waals surface area contributed by atoms with Gasteiger partial charge in [-0.25, -0.2) is 0 Å². The fraction of sp³-hybridized carbons (Fsp3) is 0.833. The minimum Gasteiger partial charge on any atom is -0.481 e. The number of rotatable bonds is 8. The molecule has 0 saturated carbocycles. The highest BCUT2D eigenvalue weighted by Gasteiger charge is 2.35. The Morgan fingerprint density at radius 3 is 2.12 bits per heavy atom. The highest BCUT2D eigenvalue weighted by atomic mass is 16.5. The summed E-state index contributed by atoms with van der Waals surface area (Å²) in [6.07, 6.45) is 2.62. The normalized spacial score (nSPS) is 11.2. The number of carboxylic acid groups (broad SMARTS) is 1. The van der Waals surface area contributed by atoms with E-state index >= 15 is 0 Å². The van der Waals surface area contributed by atoms with Gasteiger partial charge in [0.05, 0.1) is 12.0 Å². The van der Waals surface area contributed by atoms with E-state index in [2.05, 4.69) is 0 Å². The number of carbonyl (C=O) groups excluding carboxylic acids is 1. The molecule has 0 unspecified atom stereocenters. The Balaban J connectivity index is 4.42. The standard InChI is InChI=1S/C12H22O4/c1-4-12(5-2,11(15)16-6-3)9-7-8-10(13)14/h4-9H2,1-3H3,(H,13,14). The Hall–Kier alpha value is -1.06. The van der Waals surface area contributed by atoms with Crippen LogP contribution in [0.15, 0.2) is 0 Å². The van der Waals surface area contributed by atoms with Crippen molar-refractivity contribution in [1.29, 1.82) is 0 Å². The smallest absolute Gasteiger partial charge is 0.312 e. The van der Waals surface area contributed by atoms with Crippen LogP contribution in [0.3, 0.4) is 0 Å². The van der Waals surface area contributed by atoms with Gasteiger partial charge in [-0.1, -0.05) is 13.8 Å². The summed E-state index contributed by atoms with van der Waals surface area (Å²) in [5.74, 6) is -1.00. The average Bonchev–Trinajstić information content (AvgIpc) is 2.24. The van der Waals surface area contributed by atoms with Gasteiger partial charge >= 0.3 is 11.9 Å². The SMILES string of the molecule is CCOC(=O)C(CC)(CC)CCCC(=O)O. The highest BCUT2D eigenvalue weighted by Crippen LogP contribution is 2.34. The molecule has 0 aliphatic carbocycles. The molecule has 0 aliphatic rings. The largest absolute Gasteiger partial charge is 0.481 e. The van der Waals surface area contributed by atoms with Gasteiger partial charge < -0.3 is 9.84 Å². The third-order valence-corrected chi connectivity index (χ3v) is 3.11. The van der Waals surface area contributed by atoms with Crippen LogP contribution in [0.5, 0.6) is 0 Å². The quantitative estimate of drug-likeness (QED) is 0.651.